The van der Waals surface area contributed by atoms with Crippen LogP contribution < -0.4 is 4.74 Å². The average molecular weight is 274 g/mol. The molecule has 0 atom stereocenters. The number of rotatable bonds is 4. The van der Waals surface area contributed by atoms with E-state index >= 15 is 0 Å². The quantitative estimate of drug-likeness (QED) is 0.837. The first-order valence-corrected chi connectivity index (χ1v) is 7.18. The molecule has 108 valence electrons. The molecule has 0 radical (unpaired) electrons. The first-order valence-electron chi connectivity index (χ1n) is 7.18. The fourth-order valence-corrected chi connectivity index (χ4v) is 2.74. The zero-order valence-corrected chi connectivity index (χ0v) is 12.2. The first-order chi connectivity index (χ1) is 9.78. The SMILES string of the molecule is COc1cccn2c(CCN3CCN(C)CC3)ncc12. The van der Waals surface area contributed by atoms with Gasteiger partial charge in [0.05, 0.1) is 13.3 Å². The third-order valence-corrected chi connectivity index (χ3v) is 4.08. The predicted octanol–water partition coefficient (Wildman–Crippen LogP) is 1.13. The number of likely N-dealkylation sites (N-methyl/N-ethyl adjacent to an activating group) is 1. The van der Waals surface area contributed by atoms with Gasteiger partial charge in [0.1, 0.15) is 17.1 Å². The minimum absolute atomic E-state index is 0.880. The zero-order valence-electron chi connectivity index (χ0n) is 12.2. The van der Waals surface area contributed by atoms with Crippen LogP contribution in [0.25, 0.3) is 5.52 Å². The maximum absolute atomic E-state index is 5.37. The van der Waals surface area contributed by atoms with Crippen LogP contribution in [0.3, 0.4) is 0 Å². The predicted molar refractivity (Wildman–Crippen MR) is 79.4 cm³/mol. The summed E-state index contributed by atoms with van der Waals surface area (Å²) in [6, 6.07) is 3.98. The van der Waals surface area contributed by atoms with Crippen molar-refractivity contribution in [3.8, 4) is 5.75 Å². The Morgan fingerprint density at radius 3 is 2.80 bits per heavy atom. The minimum atomic E-state index is 0.880. The molecule has 1 aliphatic rings. The summed E-state index contributed by atoms with van der Waals surface area (Å²) in [5, 5.41) is 0. The molecule has 1 saturated heterocycles. The summed E-state index contributed by atoms with van der Waals surface area (Å²) < 4.78 is 7.50. The summed E-state index contributed by atoms with van der Waals surface area (Å²) in [5.41, 5.74) is 1.04. The largest absolute Gasteiger partial charge is 0.494 e. The summed E-state index contributed by atoms with van der Waals surface area (Å²) in [6.07, 6.45) is 4.94. The fourth-order valence-electron chi connectivity index (χ4n) is 2.74. The monoisotopic (exact) mass is 274 g/mol. The first kappa shape index (κ1) is 13.4. The summed E-state index contributed by atoms with van der Waals surface area (Å²) >= 11 is 0. The van der Waals surface area contributed by atoms with Crippen molar-refractivity contribution >= 4 is 5.52 Å². The third-order valence-electron chi connectivity index (χ3n) is 4.08. The lowest BCUT2D eigenvalue weighted by Gasteiger charge is -2.32. The molecule has 0 bridgehead atoms. The van der Waals surface area contributed by atoms with Gasteiger partial charge < -0.3 is 18.9 Å². The highest BCUT2D eigenvalue weighted by molar-refractivity contribution is 5.59. The van der Waals surface area contributed by atoms with Gasteiger partial charge in [-0.25, -0.2) is 4.98 Å². The molecular formula is C15H22N4O. The number of imidazole rings is 1. The van der Waals surface area contributed by atoms with Crippen LogP contribution in [-0.4, -0.2) is 66.1 Å². The van der Waals surface area contributed by atoms with Crippen LogP contribution in [-0.2, 0) is 6.42 Å². The van der Waals surface area contributed by atoms with E-state index in [4.69, 9.17) is 4.74 Å². The molecule has 0 saturated carbocycles. The molecule has 0 aliphatic carbocycles. The van der Waals surface area contributed by atoms with E-state index in [0.29, 0.717) is 0 Å². The van der Waals surface area contributed by atoms with Crippen LogP contribution in [0.1, 0.15) is 5.82 Å². The lowest BCUT2D eigenvalue weighted by atomic mass is 10.3. The molecule has 3 heterocycles. The van der Waals surface area contributed by atoms with Gasteiger partial charge in [0, 0.05) is 45.3 Å². The van der Waals surface area contributed by atoms with Gasteiger partial charge in [-0.2, -0.15) is 0 Å². The Morgan fingerprint density at radius 1 is 1.25 bits per heavy atom. The summed E-state index contributed by atoms with van der Waals surface area (Å²) in [5.74, 6) is 1.99. The van der Waals surface area contributed by atoms with Crippen molar-refractivity contribution in [2.45, 2.75) is 6.42 Å². The van der Waals surface area contributed by atoms with Crippen LogP contribution in [0.15, 0.2) is 24.5 Å². The maximum atomic E-state index is 5.37. The number of hydrogen-bond donors (Lipinski definition) is 0. The molecule has 20 heavy (non-hydrogen) atoms. The van der Waals surface area contributed by atoms with Crippen LogP contribution >= 0.6 is 0 Å². The van der Waals surface area contributed by atoms with Crippen molar-refractivity contribution < 1.29 is 4.74 Å². The second-order valence-electron chi connectivity index (χ2n) is 5.40. The van der Waals surface area contributed by atoms with Crippen molar-refractivity contribution in [2.24, 2.45) is 0 Å². The number of piperazine rings is 1. The highest BCUT2D eigenvalue weighted by Gasteiger charge is 2.14. The topological polar surface area (TPSA) is 33.0 Å². The molecule has 0 N–H and O–H groups in total. The number of ether oxygens (including phenoxy) is 1. The summed E-state index contributed by atoms with van der Waals surface area (Å²) in [4.78, 5) is 9.45. The van der Waals surface area contributed by atoms with Crippen LogP contribution in [0.2, 0.25) is 0 Å². The lowest BCUT2D eigenvalue weighted by Crippen LogP contribution is -2.45. The van der Waals surface area contributed by atoms with E-state index < -0.39 is 0 Å². The van der Waals surface area contributed by atoms with Gasteiger partial charge in [0.15, 0.2) is 0 Å². The maximum Gasteiger partial charge on any atom is 0.144 e. The van der Waals surface area contributed by atoms with Gasteiger partial charge in [-0.15, -0.1) is 0 Å². The Bertz CT molecular complexity index is 572. The van der Waals surface area contributed by atoms with Gasteiger partial charge in [0.25, 0.3) is 0 Å². The average Bonchev–Trinajstić information content (AvgIpc) is 2.90. The van der Waals surface area contributed by atoms with Crippen LogP contribution in [0.5, 0.6) is 5.75 Å². The van der Waals surface area contributed by atoms with Crippen molar-refractivity contribution in [1.82, 2.24) is 19.2 Å². The number of nitrogens with zero attached hydrogens (tertiary/aromatic N) is 4. The molecule has 5 nitrogen and oxygen atoms in total. The standard InChI is InChI=1S/C15H22N4O/c1-17-8-10-18(11-9-17)7-5-15-16-12-13-14(20-2)4-3-6-19(13)15/h3-4,6,12H,5,7-11H2,1-2H3. The van der Waals surface area contributed by atoms with E-state index in [-0.39, 0.29) is 0 Å². The Labute approximate surface area is 119 Å². The normalized spacial score (nSPS) is 17.7. The van der Waals surface area contributed by atoms with Crippen molar-refractivity contribution in [3.63, 3.8) is 0 Å². The number of fused-ring (bicyclic) bond motifs is 1. The number of pyridine rings is 1. The summed E-state index contributed by atoms with van der Waals surface area (Å²) in [6.45, 7) is 5.71. The van der Waals surface area contributed by atoms with Gasteiger partial charge in [-0.3, -0.25) is 0 Å². The zero-order chi connectivity index (χ0) is 13.9. The van der Waals surface area contributed by atoms with Gasteiger partial charge in [-0.05, 0) is 19.2 Å². The molecule has 0 aromatic carbocycles. The molecule has 0 amide bonds. The molecule has 0 unspecified atom stereocenters. The van der Waals surface area contributed by atoms with E-state index in [1.54, 1.807) is 7.11 Å². The Morgan fingerprint density at radius 2 is 2.05 bits per heavy atom. The molecule has 3 rings (SSSR count). The molecule has 1 aliphatic heterocycles. The Kier molecular flexibility index (Phi) is 3.89. The van der Waals surface area contributed by atoms with E-state index in [9.17, 15) is 0 Å². The highest BCUT2D eigenvalue weighted by Crippen LogP contribution is 2.20. The van der Waals surface area contributed by atoms with Crippen LogP contribution in [0, 0.1) is 0 Å². The van der Waals surface area contributed by atoms with Crippen molar-refractivity contribution in [1.29, 1.82) is 0 Å². The van der Waals surface area contributed by atoms with Gasteiger partial charge in [0.2, 0.25) is 0 Å². The number of aromatic nitrogens is 2. The fraction of sp³-hybridized carbons (Fsp3) is 0.533. The molecule has 1 fully saturated rings. The second-order valence-corrected chi connectivity index (χ2v) is 5.40. The van der Waals surface area contributed by atoms with Crippen molar-refractivity contribution in [2.75, 3.05) is 46.9 Å². The lowest BCUT2D eigenvalue weighted by molar-refractivity contribution is 0.155. The Balaban J connectivity index is 1.69. The molecule has 5 heteroatoms. The van der Waals surface area contributed by atoms with Gasteiger partial charge >= 0.3 is 0 Å². The molecule has 2 aromatic rings. The minimum Gasteiger partial charge on any atom is -0.494 e. The van der Waals surface area contributed by atoms with E-state index in [2.05, 4.69) is 32.4 Å². The van der Waals surface area contributed by atoms with E-state index in [0.717, 1.165) is 56.2 Å². The summed E-state index contributed by atoms with van der Waals surface area (Å²) in [7, 11) is 3.89. The second kappa shape index (κ2) is 5.81. The smallest absolute Gasteiger partial charge is 0.144 e. The highest BCUT2D eigenvalue weighted by atomic mass is 16.5. The van der Waals surface area contributed by atoms with E-state index in [1.807, 2.05) is 18.3 Å². The van der Waals surface area contributed by atoms with Gasteiger partial charge in [-0.1, -0.05) is 0 Å². The number of hydrogen-bond acceptors (Lipinski definition) is 4. The molecular weight excluding hydrogens is 252 g/mol. The van der Waals surface area contributed by atoms with Crippen LogP contribution in [0.4, 0.5) is 0 Å². The molecule has 2 aromatic heterocycles. The number of methoxy groups -OCH3 is 1. The molecule has 0 spiro atoms. The van der Waals surface area contributed by atoms with Crippen molar-refractivity contribution in [3.05, 3.63) is 30.4 Å². The van der Waals surface area contributed by atoms with E-state index in [1.165, 1.54) is 0 Å². The third kappa shape index (κ3) is 2.64. The Hall–Kier alpha value is -1.59.